The number of halogens is 1. The highest BCUT2D eigenvalue weighted by molar-refractivity contribution is 9.10. The van der Waals surface area contributed by atoms with Crippen LogP contribution in [0.1, 0.15) is 45.7 Å². The van der Waals surface area contributed by atoms with Crippen LogP contribution in [0.15, 0.2) is 71.2 Å². The molecule has 0 fully saturated rings. The number of ether oxygens (including phenoxy) is 2. The van der Waals surface area contributed by atoms with Crippen LogP contribution in [0.5, 0.6) is 11.5 Å². The van der Waals surface area contributed by atoms with Crippen molar-refractivity contribution in [3.05, 3.63) is 93.5 Å². The molecule has 3 aromatic carbocycles. The minimum atomic E-state index is -0.450. The van der Waals surface area contributed by atoms with E-state index in [2.05, 4.69) is 29.8 Å². The Morgan fingerprint density at radius 2 is 1.21 bits per heavy atom. The van der Waals surface area contributed by atoms with Gasteiger partial charge in [0.05, 0.1) is 15.6 Å². The normalized spacial score (nSPS) is 10.4. The SMILES string of the molecule is CCc1ccc(C(=O)Oc2ccc(OC(=O)c3ccc(CC)cc3)c(Br)c2)cc1. The lowest BCUT2D eigenvalue weighted by Gasteiger charge is -2.09. The number of esters is 2. The first-order valence-corrected chi connectivity index (χ1v) is 10.2. The maximum absolute atomic E-state index is 12.3. The van der Waals surface area contributed by atoms with Crippen molar-refractivity contribution in [1.29, 1.82) is 0 Å². The summed E-state index contributed by atoms with van der Waals surface area (Å²) < 4.78 is 11.4. The number of carbonyl (C=O) groups excluding carboxylic acids is 2. The van der Waals surface area contributed by atoms with E-state index in [1.807, 2.05) is 24.3 Å². The lowest BCUT2D eigenvalue weighted by atomic mass is 10.1. The van der Waals surface area contributed by atoms with Gasteiger partial charge in [0.25, 0.3) is 0 Å². The maximum atomic E-state index is 12.3. The van der Waals surface area contributed by atoms with Gasteiger partial charge < -0.3 is 9.47 Å². The Morgan fingerprint density at radius 1 is 0.724 bits per heavy atom. The van der Waals surface area contributed by atoms with E-state index in [0.717, 1.165) is 24.0 Å². The molecule has 3 aromatic rings. The number of benzene rings is 3. The van der Waals surface area contributed by atoms with Gasteiger partial charge in [-0.2, -0.15) is 0 Å². The Labute approximate surface area is 178 Å². The van der Waals surface area contributed by atoms with Crippen molar-refractivity contribution in [2.45, 2.75) is 26.7 Å². The van der Waals surface area contributed by atoms with E-state index < -0.39 is 11.9 Å². The molecule has 0 saturated heterocycles. The smallest absolute Gasteiger partial charge is 0.343 e. The van der Waals surface area contributed by atoms with Crippen LogP contribution in [0, 0.1) is 0 Å². The van der Waals surface area contributed by atoms with Crippen molar-refractivity contribution in [1.82, 2.24) is 0 Å². The Bertz CT molecular complexity index is 1010. The zero-order valence-electron chi connectivity index (χ0n) is 16.3. The summed E-state index contributed by atoms with van der Waals surface area (Å²) in [4.78, 5) is 24.6. The Balaban J connectivity index is 1.67. The topological polar surface area (TPSA) is 52.6 Å². The summed E-state index contributed by atoms with van der Waals surface area (Å²) in [7, 11) is 0. The van der Waals surface area contributed by atoms with E-state index in [1.54, 1.807) is 42.5 Å². The summed E-state index contributed by atoms with van der Waals surface area (Å²) >= 11 is 3.37. The van der Waals surface area contributed by atoms with Crippen LogP contribution in [0.4, 0.5) is 0 Å². The zero-order chi connectivity index (χ0) is 20.8. The molecule has 148 valence electrons. The molecule has 0 atom stereocenters. The average Bonchev–Trinajstić information content (AvgIpc) is 2.75. The van der Waals surface area contributed by atoms with Crippen molar-refractivity contribution in [3.63, 3.8) is 0 Å². The molecule has 29 heavy (non-hydrogen) atoms. The Kier molecular flexibility index (Phi) is 6.83. The molecule has 0 radical (unpaired) electrons. The number of hydrogen-bond donors (Lipinski definition) is 0. The highest BCUT2D eigenvalue weighted by Crippen LogP contribution is 2.30. The fourth-order valence-electron chi connectivity index (χ4n) is 2.71. The molecule has 0 bridgehead atoms. The molecule has 0 spiro atoms. The molecule has 0 saturated carbocycles. The van der Waals surface area contributed by atoms with E-state index in [9.17, 15) is 9.59 Å². The standard InChI is InChI=1S/C24H21BrO4/c1-3-16-5-9-18(10-6-16)23(26)28-20-13-14-22(21(25)15-20)29-24(27)19-11-7-17(4-2)8-12-19/h5-15H,3-4H2,1-2H3. The minimum Gasteiger partial charge on any atom is -0.423 e. The van der Waals surface area contributed by atoms with Gasteiger partial charge in [-0.3, -0.25) is 0 Å². The molecule has 0 unspecified atom stereocenters. The van der Waals surface area contributed by atoms with Crippen LogP contribution < -0.4 is 9.47 Å². The van der Waals surface area contributed by atoms with Crippen molar-refractivity contribution in [2.24, 2.45) is 0 Å². The van der Waals surface area contributed by atoms with Crippen LogP contribution in [0.25, 0.3) is 0 Å². The van der Waals surface area contributed by atoms with Gasteiger partial charge in [-0.05, 0) is 82.4 Å². The second-order valence-corrected chi connectivity index (χ2v) is 7.33. The third-order valence-electron chi connectivity index (χ3n) is 4.51. The second kappa shape index (κ2) is 9.52. The molecule has 4 nitrogen and oxygen atoms in total. The zero-order valence-corrected chi connectivity index (χ0v) is 17.9. The predicted molar refractivity (Wildman–Crippen MR) is 116 cm³/mol. The van der Waals surface area contributed by atoms with Gasteiger partial charge in [0.2, 0.25) is 0 Å². The van der Waals surface area contributed by atoms with Crippen LogP contribution >= 0.6 is 15.9 Å². The molecule has 3 rings (SSSR count). The number of aryl methyl sites for hydroxylation is 2. The van der Waals surface area contributed by atoms with E-state index >= 15 is 0 Å². The molecule has 0 aliphatic carbocycles. The quantitative estimate of drug-likeness (QED) is 0.339. The molecular formula is C24H21BrO4. The van der Waals surface area contributed by atoms with E-state index in [1.165, 1.54) is 0 Å². The number of carbonyl (C=O) groups is 2. The van der Waals surface area contributed by atoms with Gasteiger partial charge in [0.15, 0.2) is 0 Å². The van der Waals surface area contributed by atoms with Crippen molar-refractivity contribution < 1.29 is 19.1 Å². The largest absolute Gasteiger partial charge is 0.423 e. The Morgan fingerprint density at radius 3 is 1.66 bits per heavy atom. The van der Waals surface area contributed by atoms with Crippen LogP contribution in [-0.4, -0.2) is 11.9 Å². The van der Waals surface area contributed by atoms with Gasteiger partial charge >= 0.3 is 11.9 Å². The van der Waals surface area contributed by atoms with Gasteiger partial charge in [-0.25, -0.2) is 9.59 Å². The molecule has 5 heteroatoms. The summed E-state index contributed by atoms with van der Waals surface area (Å²) in [5.74, 6) is -0.190. The average molecular weight is 453 g/mol. The van der Waals surface area contributed by atoms with Crippen LogP contribution in [0.2, 0.25) is 0 Å². The third-order valence-corrected chi connectivity index (χ3v) is 5.13. The van der Waals surface area contributed by atoms with E-state index in [-0.39, 0.29) is 0 Å². The van der Waals surface area contributed by atoms with E-state index in [4.69, 9.17) is 9.47 Å². The molecular weight excluding hydrogens is 432 g/mol. The third kappa shape index (κ3) is 5.33. The maximum Gasteiger partial charge on any atom is 0.343 e. The Hall–Kier alpha value is -2.92. The van der Waals surface area contributed by atoms with Gasteiger partial charge in [0, 0.05) is 0 Å². The predicted octanol–water partition coefficient (Wildman–Crippen LogP) is 6.01. The summed E-state index contributed by atoms with van der Waals surface area (Å²) in [5, 5.41) is 0. The fourth-order valence-corrected chi connectivity index (χ4v) is 3.14. The van der Waals surface area contributed by atoms with Gasteiger partial charge in [-0.15, -0.1) is 0 Å². The fraction of sp³-hybridized carbons (Fsp3) is 0.167. The summed E-state index contributed by atoms with van der Waals surface area (Å²) in [6.07, 6.45) is 1.81. The van der Waals surface area contributed by atoms with Gasteiger partial charge in [-0.1, -0.05) is 38.1 Å². The molecule has 0 heterocycles. The van der Waals surface area contributed by atoms with Crippen molar-refractivity contribution in [3.8, 4) is 11.5 Å². The molecule has 0 amide bonds. The van der Waals surface area contributed by atoms with Crippen molar-refractivity contribution >= 4 is 27.9 Å². The lowest BCUT2D eigenvalue weighted by Crippen LogP contribution is -2.10. The first-order chi connectivity index (χ1) is 14.0. The first kappa shape index (κ1) is 20.8. The number of hydrogen-bond acceptors (Lipinski definition) is 4. The molecule has 0 N–H and O–H groups in total. The summed E-state index contributed by atoms with van der Waals surface area (Å²) in [6, 6.07) is 19.4. The molecule has 0 aliphatic rings. The van der Waals surface area contributed by atoms with Gasteiger partial charge in [0.1, 0.15) is 11.5 Å². The highest BCUT2D eigenvalue weighted by Gasteiger charge is 2.14. The monoisotopic (exact) mass is 452 g/mol. The number of rotatable bonds is 6. The first-order valence-electron chi connectivity index (χ1n) is 9.42. The molecule has 0 aliphatic heterocycles. The second-order valence-electron chi connectivity index (χ2n) is 6.47. The molecule has 0 aromatic heterocycles. The lowest BCUT2D eigenvalue weighted by molar-refractivity contribution is 0.0718. The summed E-state index contributed by atoms with van der Waals surface area (Å²) in [6.45, 7) is 4.11. The van der Waals surface area contributed by atoms with E-state index in [0.29, 0.717) is 27.1 Å². The van der Waals surface area contributed by atoms with Crippen molar-refractivity contribution in [2.75, 3.05) is 0 Å². The van der Waals surface area contributed by atoms with Crippen LogP contribution in [0.3, 0.4) is 0 Å². The summed E-state index contributed by atoms with van der Waals surface area (Å²) in [5.41, 5.74) is 3.25. The highest BCUT2D eigenvalue weighted by atomic mass is 79.9. The van der Waals surface area contributed by atoms with Crippen LogP contribution in [-0.2, 0) is 12.8 Å². The minimum absolute atomic E-state index is 0.349.